The molecule has 0 saturated heterocycles. The molecule has 0 aliphatic carbocycles. The van der Waals surface area contributed by atoms with Crippen molar-refractivity contribution >= 4 is 17.6 Å². The first kappa shape index (κ1) is 10.6. The van der Waals surface area contributed by atoms with Crippen LogP contribution in [0.15, 0.2) is 23.3 Å². The summed E-state index contributed by atoms with van der Waals surface area (Å²) in [5.74, 6) is 4.84. The van der Waals surface area contributed by atoms with Gasteiger partial charge in [-0.3, -0.25) is 20.2 Å². The van der Waals surface area contributed by atoms with Crippen LogP contribution in [0.5, 0.6) is 0 Å². The maximum absolute atomic E-state index is 10.6. The highest BCUT2D eigenvalue weighted by atomic mass is 16.6. The highest BCUT2D eigenvalue weighted by Gasteiger charge is 2.17. The van der Waals surface area contributed by atoms with Crippen molar-refractivity contribution in [3.8, 4) is 0 Å². The summed E-state index contributed by atoms with van der Waals surface area (Å²) < 4.78 is 0. The number of nitro benzene ring substituents is 2. The van der Waals surface area contributed by atoms with Gasteiger partial charge in [0, 0.05) is 6.07 Å². The molecular weight excluding hydrogens is 204 g/mol. The summed E-state index contributed by atoms with van der Waals surface area (Å²) in [6, 6.07) is 3.22. The molecule has 1 aromatic carbocycles. The summed E-state index contributed by atoms with van der Waals surface area (Å²) in [4.78, 5) is 19.5. The molecule has 1 rings (SSSR count). The van der Waals surface area contributed by atoms with Gasteiger partial charge in [-0.25, -0.2) is 0 Å². The van der Waals surface area contributed by atoms with Crippen molar-refractivity contribution in [2.75, 3.05) is 0 Å². The molecule has 0 aliphatic rings. The van der Waals surface area contributed by atoms with E-state index in [9.17, 15) is 20.2 Å². The Morgan fingerprint density at radius 2 is 1.93 bits per heavy atom. The monoisotopic (exact) mass is 210 g/mol. The minimum absolute atomic E-state index is 0.119. The van der Waals surface area contributed by atoms with Gasteiger partial charge >= 0.3 is 0 Å². The van der Waals surface area contributed by atoms with Crippen molar-refractivity contribution in [2.45, 2.75) is 0 Å². The smallest absolute Gasteiger partial charge is 0.285 e. The summed E-state index contributed by atoms with van der Waals surface area (Å²) in [6.45, 7) is 0. The number of hydrazone groups is 1. The summed E-state index contributed by atoms with van der Waals surface area (Å²) in [7, 11) is 0. The first-order valence-corrected chi connectivity index (χ1v) is 3.72. The Labute approximate surface area is 83.3 Å². The Hall–Kier alpha value is -2.51. The molecule has 1 aromatic rings. The molecule has 0 saturated carbocycles. The van der Waals surface area contributed by atoms with Crippen LogP contribution >= 0.6 is 0 Å². The first-order valence-electron chi connectivity index (χ1n) is 3.72. The van der Waals surface area contributed by atoms with Crippen molar-refractivity contribution in [1.29, 1.82) is 0 Å². The van der Waals surface area contributed by atoms with E-state index in [1.807, 2.05) is 0 Å². The largest absolute Gasteiger partial charge is 0.323 e. The summed E-state index contributed by atoms with van der Waals surface area (Å²) in [5, 5.41) is 24.0. The number of non-ortho nitro benzene ring substituents is 1. The van der Waals surface area contributed by atoms with E-state index in [1.165, 1.54) is 6.07 Å². The third-order valence-corrected chi connectivity index (χ3v) is 1.64. The van der Waals surface area contributed by atoms with Gasteiger partial charge in [0.05, 0.1) is 27.7 Å². The number of benzene rings is 1. The minimum atomic E-state index is -0.732. The second-order valence-electron chi connectivity index (χ2n) is 2.54. The quantitative estimate of drug-likeness (QED) is 0.341. The fourth-order valence-corrected chi connectivity index (χ4v) is 0.993. The zero-order valence-electron chi connectivity index (χ0n) is 7.36. The molecule has 0 atom stereocenters. The highest BCUT2D eigenvalue weighted by Crippen LogP contribution is 2.23. The summed E-state index contributed by atoms with van der Waals surface area (Å²) >= 11 is 0. The molecule has 0 unspecified atom stereocenters. The second kappa shape index (κ2) is 4.13. The molecule has 0 amide bonds. The summed E-state index contributed by atoms with van der Waals surface area (Å²) in [6.07, 6.45) is 1.06. The van der Waals surface area contributed by atoms with Crippen LogP contribution in [0.1, 0.15) is 5.56 Å². The number of hydrogen-bond acceptors (Lipinski definition) is 6. The average Bonchev–Trinajstić information content (AvgIpc) is 2.18. The van der Waals surface area contributed by atoms with Gasteiger partial charge in [-0.05, 0) is 6.07 Å². The normalized spacial score (nSPS) is 10.4. The van der Waals surface area contributed by atoms with Gasteiger partial charge in [-0.2, -0.15) is 5.10 Å². The number of nitrogens with zero attached hydrogens (tertiary/aromatic N) is 3. The maximum Gasteiger partial charge on any atom is 0.285 e. The van der Waals surface area contributed by atoms with Gasteiger partial charge in [0.2, 0.25) is 0 Å². The van der Waals surface area contributed by atoms with E-state index in [4.69, 9.17) is 5.84 Å². The number of nitrogens with two attached hydrogens (primary N) is 1. The van der Waals surface area contributed by atoms with Crippen molar-refractivity contribution in [2.24, 2.45) is 10.9 Å². The van der Waals surface area contributed by atoms with E-state index in [0.717, 1.165) is 18.3 Å². The lowest BCUT2D eigenvalue weighted by molar-refractivity contribution is -0.394. The molecular formula is C7H6N4O4. The lowest BCUT2D eigenvalue weighted by Gasteiger charge is -1.96. The van der Waals surface area contributed by atoms with Gasteiger partial charge < -0.3 is 5.84 Å². The molecule has 2 N–H and O–H groups in total. The van der Waals surface area contributed by atoms with Crippen LogP contribution in [0.3, 0.4) is 0 Å². The second-order valence-corrected chi connectivity index (χ2v) is 2.54. The van der Waals surface area contributed by atoms with E-state index in [2.05, 4.69) is 5.10 Å². The molecule has 15 heavy (non-hydrogen) atoms. The van der Waals surface area contributed by atoms with Crippen LogP contribution < -0.4 is 5.84 Å². The number of nitro groups is 2. The number of hydrogen-bond donors (Lipinski definition) is 1. The van der Waals surface area contributed by atoms with E-state index in [1.54, 1.807) is 0 Å². The predicted molar refractivity (Wildman–Crippen MR) is 51.5 cm³/mol. The van der Waals surface area contributed by atoms with Crippen LogP contribution in [0.4, 0.5) is 11.4 Å². The average molecular weight is 210 g/mol. The van der Waals surface area contributed by atoms with Gasteiger partial charge in [0.1, 0.15) is 0 Å². The molecule has 78 valence electrons. The molecule has 0 radical (unpaired) electrons. The summed E-state index contributed by atoms with van der Waals surface area (Å²) in [5.41, 5.74) is -0.637. The molecule has 0 spiro atoms. The Bertz CT molecular complexity index is 443. The van der Waals surface area contributed by atoms with Crippen molar-refractivity contribution in [3.05, 3.63) is 44.0 Å². The van der Waals surface area contributed by atoms with Crippen molar-refractivity contribution in [1.82, 2.24) is 0 Å². The zero-order chi connectivity index (χ0) is 11.4. The topological polar surface area (TPSA) is 125 Å². The number of rotatable bonds is 3. The Kier molecular flexibility index (Phi) is 2.91. The lowest BCUT2D eigenvalue weighted by Crippen LogP contribution is -1.98. The molecule has 8 nitrogen and oxygen atoms in total. The van der Waals surface area contributed by atoms with Gasteiger partial charge in [0.15, 0.2) is 0 Å². The van der Waals surface area contributed by atoms with E-state index < -0.39 is 15.5 Å². The van der Waals surface area contributed by atoms with E-state index in [0.29, 0.717) is 0 Å². The Morgan fingerprint density at radius 3 is 2.40 bits per heavy atom. The molecule has 0 bridgehead atoms. The standard InChI is InChI=1S/C7H6N4O4/c8-9-4-5-1-2-6(10(12)13)3-7(5)11(14)15/h1-4H,8H2. The SMILES string of the molecule is NN=Cc1ccc([N+](=O)[O-])cc1[N+](=O)[O-]. The van der Waals surface area contributed by atoms with E-state index in [-0.39, 0.29) is 11.3 Å². The minimum Gasteiger partial charge on any atom is -0.323 e. The zero-order valence-corrected chi connectivity index (χ0v) is 7.36. The van der Waals surface area contributed by atoms with Gasteiger partial charge in [0.25, 0.3) is 11.4 Å². The van der Waals surface area contributed by atoms with Crippen LogP contribution in [-0.2, 0) is 0 Å². The van der Waals surface area contributed by atoms with Crippen LogP contribution in [0.2, 0.25) is 0 Å². The van der Waals surface area contributed by atoms with Crippen molar-refractivity contribution in [3.63, 3.8) is 0 Å². The molecule has 0 heterocycles. The van der Waals surface area contributed by atoms with Gasteiger partial charge in [-0.1, -0.05) is 0 Å². The molecule has 8 heteroatoms. The fourth-order valence-electron chi connectivity index (χ4n) is 0.993. The van der Waals surface area contributed by atoms with Crippen LogP contribution in [0, 0.1) is 20.2 Å². The Morgan fingerprint density at radius 1 is 1.27 bits per heavy atom. The lowest BCUT2D eigenvalue weighted by atomic mass is 10.2. The van der Waals surface area contributed by atoms with E-state index >= 15 is 0 Å². The molecule has 0 aliphatic heterocycles. The predicted octanol–water partition coefficient (Wildman–Crippen LogP) is 0.796. The third kappa shape index (κ3) is 2.24. The van der Waals surface area contributed by atoms with Crippen LogP contribution in [0.25, 0.3) is 0 Å². The highest BCUT2D eigenvalue weighted by molar-refractivity contribution is 5.85. The van der Waals surface area contributed by atoms with Crippen molar-refractivity contribution < 1.29 is 9.85 Å². The third-order valence-electron chi connectivity index (χ3n) is 1.64. The molecule has 0 aromatic heterocycles. The Balaban J connectivity index is 3.33. The van der Waals surface area contributed by atoms with Gasteiger partial charge in [-0.15, -0.1) is 0 Å². The fraction of sp³-hybridized carbons (Fsp3) is 0. The molecule has 0 fully saturated rings. The first-order chi connectivity index (χ1) is 7.06. The maximum atomic E-state index is 10.6. The van der Waals surface area contributed by atoms with Crippen LogP contribution in [-0.4, -0.2) is 16.1 Å².